The highest BCUT2D eigenvalue weighted by Crippen LogP contribution is 2.03. The first-order chi connectivity index (χ1) is 9.34. The number of nitrogen functional groups attached to an aromatic ring is 1. The fourth-order valence-corrected chi connectivity index (χ4v) is 1.50. The molecule has 0 aliphatic carbocycles. The van der Waals surface area contributed by atoms with E-state index in [2.05, 4.69) is 20.3 Å². The Morgan fingerprint density at radius 1 is 1.16 bits per heavy atom. The predicted molar refractivity (Wildman–Crippen MR) is 72.5 cm³/mol. The summed E-state index contributed by atoms with van der Waals surface area (Å²) in [7, 11) is 0. The molecule has 0 saturated carbocycles. The predicted octanol–water partition coefficient (Wildman–Crippen LogP) is 1.01. The number of nitrogens with two attached hydrogens (primary N) is 1. The van der Waals surface area contributed by atoms with E-state index < -0.39 is 0 Å². The van der Waals surface area contributed by atoms with Gasteiger partial charge >= 0.3 is 0 Å². The Morgan fingerprint density at radius 3 is 2.74 bits per heavy atom. The van der Waals surface area contributed by atoms with Crippen LogP contribution in [0.4, 0.5) is 5.95 Å². The lowest BCUT2D eigenvalue weighted by Gasteiger charge is -2.06. The number of nitrogens with one attached hydrogen (secondary N) is 1. The van der Waals surface area contributed by atoms with Crippen molar-refractivity contribution in [3.8, 4) is 5.88 Å². The summed E-state index contributed by atoms with van der Waals surface area (Å²) in [4.78, 5) is 11.9. The van der Waals surface area contributed by atoms with E-state index in [0.717, 1.165) is 25.1 Å². The molecule has 0 radical (unpaired) electrons. The van der Waals surface area contributed by atoms with Gasteiger partial charge in [-0.1, -0.05) is 6.07 Å². The van der Waals surface area contributed by atoms with Crippen LogP contribution in [0.5, 0.6) is 5.88 Å². The van der Waals surface area contributed by atoms with Crippen molar-refractivity contribution in [1.82, 2.24) is 20.3 Å². The lowest BCUT2D eigenvalue weighted by molar-refractivity contribution is 0.296. The van der Waals surface area contributed by atoms with Crippen LogP contribution in [0.2, 0.25) is 0 Å². The summed E-state index contributed by atoms with van der Waals surface area (Å²) in [6.07, 6.45) is 6.07. The molecule has 3 N–H and O–H groups in total. The van der Waals surface area contributed by atoms with Crippen LogP contribution in [-0.4, -0.2) is 28.1 Å². The molecule has 0 atom stereocenters. The summed E-state index contributed by atoms with van der Waals surface area (Å²) in [5.74, 6) is 0.960. The number of hydrogen-bond donors (Lipinski definition) is 2. The van der Waals surface area contributed by atoms with Gasteiger partial charge in [0, 0.05) is 36.8 Å². The molecule has 0 bridgehead atoms. The van der Waals surface area contributed by atoms with Gasteiger partial charge < -0.3 is 15.8 Å². The molecule has 0 aliphatic rings. The lowest BCUT2D eigenvalue weighted by atomic mass is 10.3. The lowest BCUT2D eigenvalue weighted by Crippen LogP contribution is -2.17. The van der Waals surface area contributed by atoms with Gasteiger partial charge in [0.2, 0.25) is 11.8 Å². The molecule has 2 aromatic heterocycles. The van der Waals surface area contributed by atoms with Crippen LogP contribution in [0.15, 0.2) is 36.8 Å². The minimum atomic E-state index is 0.299. The molecule has 100 valence electrons. The van der Waals surface area contributed by atoms with Crippen molar-refractivity contribution >= 4 is 5.95 Å². The van der Waals surface area contributed by atoms with Crippen LogP contribution in [0, 0.1) is 0 Å². The fourth-order valence-electron chi connectivity index (χ4n) is 1.50. The first kappa shape index (κ1) is 13.2. The molecule has 0 saturated heterocycles. The van der Waals surface area contributed by atoms with E-state index in [1.54, 1.807) is 18.6 Å². The monoisotopic (exact) mass is 259 g/mol. The maximum atomic E-state index is 5.48. The normalized spacial score (nSPS) is 10.3. The van der Waals surface area contributed by atoms with E-state index in [0.29, 0.717) is 18.4 Å². The zero-order chi connectivity index (χ0) is 13.3. The third-order valence-electron chi connectivity index (χ3n) is 2.44. The summed E-state index contributed by atoms with van der Waals surface area (Å²) in [5, 5.41) is 3.29. The summed E-state index contributed by atoms with van der Waals surface area (Å²) in [5.41, 5.74) is 6.43. The zero-order valence-electron chi connectivity index (χ0n) is 10.6. The van der Waals surface area contributed by atoms with E-state index in [4.69, 9.17) is 10.5 Å². The van der Waals surface area contributed by atoms with E-state index in [1.807, 2.05) is 18.2 Å². The molecule has 2 heterocycles. The van der Waals surface area contributed by atoms with Gasteiger partial charge in [0.05, 0.1) is 6.61 Å². The standard InChI is InChI=1S/C13H17N5O/c14-13-17-9-11(10-18-13)8-15-5-3-7-19-12-4-1-2-6-16-12/h1-2,4,6,9-10,15H,3,5,7-8H2,(H2,14,17,18). The number of anilines is 1. The van der Waals surface area contributed by atoms with E-state index >= 15 is 0 Å². The zero-order valence-corrected chi connectivity index (χ0v) is 10.6. The maximum Gasteiger partial charge on any atom is 0.219 e. The molecule has 6 heteroatoms. The van der Waals surface area contributed by atoms with Crippen molar-refractivity contribution in [3.05, 3.63) is 42.4 Å². The van der Waals surface area contributed by atoms with Gasteiger partial charge in [-0.15, -0.1) is 0 Å². The fraction of sp³-hybridized carbons (Fsp3) is 0.308. The first-order valence-corrected chi connectivity index (χ1v) is 6.15. The van der Waals surface area contributed by atoms with Crippen molar-refractivity contribution in [2.75, 3.05) is 18.9 Å². The number of nitrogens with zero attached hydrogens (tertiary/aromatic N) is 3. The average molecular weight is 259 g/mol. The SMILES string of the molecule is Nc1ncc(CNCCCOc2ccccn2)cn1. The second-order valence-electron chi connectivity index (χ2n) is 4.00. The van der Waals surface area contributed by atoms with Crippen molar-refractivity contribution in [3.63, 3.8) is 0 Å². The quantitative estimate of drug-likeness (QED) is 0.722. The number of pyridine rings is 1. The van der Waals surface area contributed by atoms with Crippen molar-refractivity contribution in [2.24, 2.45) is 0 Å². The van der Waals surface area contributed by atoms with Gasteiger partial charge in [-0.3, -0.25) is 0 Å². The van der Waals surface area contributed by atoms with Gasteiger partial charge in [0.25, 0.3) is 0 Å². The van der Waals surface area contributed by atoms with E-state index in [9.17, 15) is 0 Å². The van der Waals surface area contributed by atoms with Crippen LogP contribution < -0.4 is 15.8 Å². The molecule has 19 heavy (non-hydrogen) atoms. The number of rotatable bonds is 7. The molecule has 2 aromatic rings. The molecular formula is C13H17N5O. The summed E-state index contributed by atoms with van der Waals surface area (Å²) in [6, 6.07) is 5.62. The minimum Gasteiger partial charge on any atom is -0.478 e. The highest BCUT2D eigenvalue weighted by atomic mass is 16.5. The van der Waals surface area contributed by atoms with E-state index in [-0.39, 0.29) is 0 Å². The Bertz CT molecular complexity index is 474. The van der Waals surface area contributed by atoms with Gasteiger partial charge in [-0.05, 0) is 19.0 Å². The molecule has 0 fully saturated rings. The summed E-state index contributed by atoms with van der Waals surface area (Å²) >= 11 is 0. The Hall–Kier alpha value is -2.21. The highest BCUT2D eigenvalue weighted by molar-refractivity contribution is 5.16. The molecule has 2 rings (SSSR count). The second kappa shape index (κ2) is 7.27. The molecule has 0 unspecified atom stereocenters. The second-order valence-corrected chi connectivity index (χ2v) is 4.00. The van der Waals surface area contributed by atoms with Crippen LogP contribution >= 0.6 is 0 Å². The maximum absolute atomic E-state index is 5.48. The molecule has 0 aliphatic heterocycles. The van der Waals surface area contributed by atoms with Gasteiger partial charge in [-0.2, -0.15) is 0 Å². The van der Waals surface area contributed by atoms with Gasteiger partial charge in [-0.25, -0.2) is 15.0 Å². The van der Waals surface area contributed by atoms with Gasteiger partial charge in [0.15, 0.2) is 0 Å². The third-order valence-corrected chi connectivity index (χ3v) is 2.44. The van der Waals surface area contributed by atoms with Crippen LogP contribution in [-0.2, 0) is 6.54 Å². The van der Waals surface area contributed by atoms with Crippen molar-refractivity contribution in [2.45, 2.75) is 13.0 Å². The van der Waals surface area contributed by atoms with Crippen LogP contribution in [0.1, 0.15) is 12.0 Å². The Kier molecular flexibility index (Phi) is 5.06. The molecule has 6 nitrogen and oxygen atoms in total. The Balaban J connectivity index is 1.56. The summed E-state index contributed by atoms with van der Waals surface area (Å²) in [6.45, 7) is 2.23. The van der Waals surface area contributed by atoms with Gasteiger partial charge in [0.1, 0.15) is 0 Å². The average Bonchev–Trinajstić information content (AvgIpc) is 2.46. The largest absolute Gasteiger partial charge is 0.478 e. The molecule has 0 spiro atoms. The van der Waals surface area contributed by atoms with Crippen LogP contribution in [0.25, 0.3) is 0 Å². The van der Waals surface area contributed by atoms with Crippen molar-refractivity contribution < 1.29 is 4.74 Å². The topological polar surface area (TPSA) is 86.0 Å². The number of hydrogen-bond acceptors (Lipinski definition) is 6. The first-order valence-electron chi connectivity index (χ1n) is 6.15. The minimum absolute atomic E-state index is 0.299. The Morgan fingerprint density at radius 2 is 2.00 bits per heavy atom. The summed E-state index contributed by atoms with van der Waals surface area (Å²) < 4.78 is 5.48. The third kappa shape index (κ3) is 4.89. The van der Waals surface area contributed by atoms with Crippen LogP contribution in [0.3, 0.4) is 0 Å². The Labute approximate surface area is 112 Å². The molecule has 0 amide bonds. The number of ether oxygens (including phenoxy) is 1. The van der Waals surface area contributed by atoms with E-state index in [1.165, 1.54) is 0 Å². The smallest absolute Gasteiger partial charge is 0.219 e. The molecular weight excluding hydrogens is 242 g/mol. The number of aromatic nitrogens is 3. The van der Waals surface area contributed by atoms with Crippen molar-refractivity contribution in [1.29, 1.82) is 0 Å². The molecule has 0 aromatic carbocycles. The highest BCUT2D eigenvalue weighted by Gasteiger charge is 1.96.